The molecule has 0 aliphatic rings. The van der Waals surface area contributed by atoms with E-state index in [1.54, 1.807) is 12.1 Å². The van der Waals surface area contributed by atoms with Crippen LogP contribution in [0.4, 0.5) is 0 Å². The smallest absolute Gasteiger partial charge is 0.326 e. The lowest BCUT2D eigenvalue weighted by Gasteiger charge is -2.15. The number of rotatable bonds is 6. The van der Waals surface area contributed by atoms with Crippen LogP contribution < -0.4 is 10.1 Å². The quantitative estimate of drug-likeness (QED) is 0.824. The zero-order valence-corrected chi connectivity index (χ0v) is 11.4. The molecule has 0 aromatic heterocycles. The first-order valence-electron chi connectivity index (χ1n) is 6.17. The zero-order chi connectivity index (χ0) is 14.4. The van der Waals surface area contributed by atoms with Gasteiger partial charge in [-0.15, -0.1) is 0 Å². The standard InChI is InChI=1S/C14H19NO4/c1-4-5-11(14(17)18)15-13(16)10-8-9(2)6-7-12(10)19-3/h6-8,11H,4-5H2,1-3H3,(H,15,16)(H,17,18)/t11-/m0/s1. The number of aryl methyl sites for hydroxylation is 1. The third kappa shape index (κ3) is 3.98. The second-order valence-electron chi connectivity index (χ2n) is 4.36. The molecule has 1 amide bonds. The van der Waals surface area contributed by atoms with E-state index in [0.29, 0.717) is 24.2 Å². The van der Waals surface area contributed by atoms with Gasteiger partial charge in [0.15, 0.2) is 0 Å². The van der Waals surface area contributed by atoms with Crippen molar-refractivity contribution in [1.29, 1.82) is 0 Å². The fourth-order valence-electron chi connectivity index (χ4n) is 1.78. The molecule has 0 saturated carbocycles. The van der Waals surface area contributed by atoms with Crippen LogP contribution in [-0.4, -0.2) is 30.1 Å². The number of carboxylic acid groups (broad SMARTS) is 1. The number of hydrogen-bond donors (Lipinski definition) is 2. The topological polar surface area (TPSA) is 75.6 Å². The molecule has 0 fully saturated rings. The van der Waals surface area contributed by atoms with Crippen molar-refractivity contribution in [2.75, 3.05) is 7.11 Å². The molecule has 1 rings (SSSR count). The van der Waals surface area contributed by atoms with Crippen molar-refractivity contribution in [1.82, 2.24) is 5.32 Å². The molecule has 0 spiro atoms. The maximum atomic E-state index is 12.1. The number of nitrogens with one attached hydrogen (secondary N) is 1. The highest BCUT2D eigenvalue weighted by atomic mass is 16.5. The predicted molar refractivity (Wildman–Crippen MR) is 71.5 cm³/mol. The molecular formula is C14H19NO4. The predicted octanol–water partition coefficient (Wildman–Crippen LogP) is 1.99. The molecule has 0 aliphatic carbocycles. The summed E-state index contributed by atoms with van der Waals surface area (Å²) in [5, 5.41) is 11.6. The Bertz CT molecular complexity index is 471. The summed E-state index contributed by atoms with van der Waals surface area (Å²) in [6.45, 7) is 3.73. The van der Waals surface area contributed by atoms with Gasteiger partial charge in [-0.25, -0.2) is 4.79 Å². The average molecular weight is 265 g/mol. The molecule has 19 heavy (non-hydrogen) atoms. The Hall–Kier alpha value is -2.04. The molecule has 1 aromatic rings. The highest BCUT2D eigenvalue weighted by Crippen LogP contribution is 2.19. The van der Waals surface area contributed by atoms with Gasteiger partial charge in [0.2, 0.25) is 0 Å². The van der Waals surface area contributed by atoms with Crippen LogP contribution in [-0.2, 0) is 4.79 Å². The Kier molecular flexibility index (Phi) is 5.36. The molecule has 1 atom stereocenters. The highest BCUT2D eigenvalue weighted by molar-refractivity contribution is 5.99. The lowest BCUT2D eigenvalue weighted by atomic mass is 10.1. The van der Waals surface area contributed by atoms with Crippen molar-refractivity contribution in [3.8, 4) is 5.75 Å². The van der Waals surface area contributed by atoms with Gasteiger partial charge in [-0.1, -0.05) is 25.0 Å². The van der Waals surface area contributed by atoms with E-state index < -0.39 is 17.9 Å². The van der Waals surface area contributed by atoms with Crippen molar-refractivity contribution in [2.45, 2.75) is 32.7 Å². The Morgan fingerprint density at radius 3 is 2.63 bits per heavy atom. The summed E-state index contributed by atoms with van der Waals surface area (Å²) in [5.41, 5.74) is 1.26. The first-order chi connectivity index (χ1) is 8.99. The van der Waals surface area contributed by atoms with Gasteiger partial charge < -0.3 is 15.2 Å². The van der Waals surface area contributed by atoms with E-state index in [1.807, 2.05) is 19.9 Å². The lowest BCUT2D eigenvalue weighted by molar-refractivity contribution is -0.139. The van der Waals surface area contributed by atoms with Crippen LogP contribution in [0.5, 0.6) is 5.75 Å². The number of amides is 1. The first kappa shape index (κ1) is 15.0. The van der Waals surface area contributed by atoms with E-state index in [-0.39, 0.29) is 0 Å². The van der Waals surface area contributed by atoms with Gasteiger partial charge in [-0.2, -0.15) is 0 Å². The van der Waals surface area contributed by atoms with Crippen LogP contribution >= 0.6 is 0 Å². The van der Waals surface area contributed by atoms with Crippen molar-refractivity contribution >= 4 is 11.9 Å². The average Bonchev–Trinajstić information content (AvgIpc) is 2.37. The minimum atomic E-state index is -1.03. The summed E-state index contributed by atoms with van der Waals surface area (Å²) in [4.78, 5) is 23.1. The van der Waals surface area contributed by atoms with E-state index in [4.69, 9.17) is 9.84 Å². The Labute approximate surface area is 112 Å². The largest absolute Gasteiger partial charge is 0.496 e. The summed E-state index contributed by atoms with van der Waals surface area (Å²) in [6, 6.07) is 4.33. The molecule has 0 aliphatic heterocycles. The maximum absolute atomic E-state index is 12.1. The second-order valence-corrected chi connectivity index (χ2v) is 4.36. The first-order valence-corrected chi connectivity index (χ1v) is 6.17. The van der Waals surface area contributed by atoms with Crippen LogP contribution in [0.15, 0.2) is 18.2 Å². The van der Waals surface area contributed by atoms with Gasteiger partial charge in [0, 0.05) is 0 Å². The van der Waals surface area contributed by atoms with E-state index in [2.05, 4.69) is 5.32 Å². The van der Waals surface area contributed by atoms with Gasteiger partial charge in [-0.05, 0) is 25.5 Å². The molecule has 1 aromatic carbocycles. The number of methoxy groups -OCH3 is 1. The normalized spacial score (nSPS) is 11.7. The van der Waals surface area contributed by atoms with Gasteiger partial charge in [0.1, 0.15) is 11.8 Å². The van der Waals surface area contributed by atoms with Crippen LogP contribution in [0.1, 0.15) is 35.7 Å². The molecule has 0 bridgehead atoms. The number of benzene rings is 1. The summed E-state index contributed by atoms with van der Waals surface area (Å²) in [7, 11) is 1.47. The third-order valence-electron chi connectivity index (χ3n) is 2.78. The van der Waals surface area contributed by atoms with E-state index >= 15 is 0 Å². The number of hydrogen-bond acceptors (Lipinski definition) is 3. The van der Waals surface area contributed by atoms with Crippen LogP contribution in [0.25, 0.3) is 0 Å². The zero-order valence-electron chi connectivity index (χ0n) is 11.4. The number of carbonyl (C=O) groups is 2. The van der Waals surface area contributed by atoms with Gasteiger partial charge in [0.25, 0.3) is 5.91 Å². The summed E-state index contributed by atoms with van der Waals surface area (Å²) >= 11 is 0. The molecule has 0 radical (unpaired) electrons. The molecule has 2 N–H and O–H groups in total. The van der Waals surface area contributed by atoms with Crippen LogP contribution in [0.2, 0.25) is 0 Å². The second kappa shape index (κ2) is 6.78. The number of carbonyl (C=O) groups excluding carboxylic acids is 1. The Morgan fingerprint density at radius 2 is 2.11 bits per heavy atom. The molecule has 0 unspecified atom stereocenters. The summed E-state index contributed by atoms with van der Waals surface area (Å²) in [5.74, 6) is -1.02. The third-order valence-corrected chi connectivity index (χ3v) is 2.78. The molecule has 5 heteroatoms. The number of aliphatic carboxylic acids is 1. The number of ether oxygens (including phenoxy) is 1. The molecule has 0 saturated heterocycles. The Morgan fingerprint density at radius 1 is 1.42 bits per heavy atom. The minimum absolute atomic E-state index is 0.352. The number of carboxylic acids is 1. The minimum Gasteiger partial charge on any atom is -0.496 e. The highest BCUT2D eigenvalue weighted by Gasteiger charge is 2.21. The molecular weight excluding hydrogens is 246 g/mol. The van der Waals surface area contributed by atoms with E-state index in [9.17, 15) is 9.59 Å². The van der Waals surface area contributed by atoms with Crippen molar-refractivity contribution in [3.05, 3.63) is 29.3 Å². The van der Waals surface area contributed by atoms with Crippen molar-refractivity contribution < 1.29 is 19.4 Å². The van der Waals surface area contributed by atoms with E-state index in [0.717, 1.165) is 5.56 Å². The molecule has 5 nitrogen and oxygen atoms in total. The van der Waals surface area contributed by atoms with Crippen molar-refractivity contribution in [3.63, 3.8) is 0 Å². The van der Waals surface area contributed by atoms with Gasteiger partial charge in [-0.3, -0.25) is 4.79 Å². The van der Waals surface area contributed by atoms with Gasteiger partial charge in [0.05, 0.1) is 12.7 Å². The lowest BCUT2D eigenvalue weighted by Crippen LogP contribution is -2.40. The van der Waals surface area contributed by atoms with Gasteiger partial charge >= 0.3 is 5.97 Å². The Balaban J connectivity index is 2.93. The van der Waals surface area contributed by atoms with Crippen LogP contribution in [0.3, 0.4) is 0 Å². The van der Waals surface area contributed by atoms with Crippen molar-refractivity contribution in [2.24, 2.45) is 0 Å². The SMILES string of the molecule is CCC[C@H](NC(=O)c1cc(C)ccc1OC)C(=O)O. The maximum Gasteiger partial charge on any atom is 0.326 e. The monoisotopic (exact) mass is 265 g/mol. The summed E-state index contributed by atoms with van der Waals surface area (Å²) in [6.07, 6.45) is 1.08. The molecule has 104 valence electrons. The summed E-state index contributed by atoms with van der Waals surface area (Å²) < 4.78 is 5.12. The molecule has 0 heterocycles. The van der Waals surface area contributed by atoms with Crippen LogP contribution in [0, 0.1) is 6.92 Å². The fraction of sp³-hybridized carbons (Fsp3) is 0.429. The van der Waals surface area contributed by atoms with E-state index in [1.165, 1.54) is 7.11 Å². The fourth-order valence-corrected chi connectivity index (χ4v) is 1.78.